The minimum absolute atomic E-state index is 0.0393. The maximum absolute atomic E-state index is 10.4. The van der Waals surface area contributed by atoms with Crippen LogP contribution in [0.5, 0.6) is 0 Å². The molecule has 4 heteroatoms. The SMILES string of the molecule is C[C@@H](CC(=O)O)C[C@@H](C)C(=O)O. The van der Waals surface area contributed by atoms with Crippen LogP contribution in [0.1, 0.15) is 26.7 Å². The van der Waals surface area contributed by atoms with Crippen molar-refractivity contribution in [1.29, 1.82) is 0 Å². The highest BCUT2D eigenvalue weighted by Crippen LogP contribution is 2.14. The van der Waals surface area contributed by atoms with E-state index in [1.54, 1.807) is 13.8 Å². The lowest BCUT2D eigenvalue weighted by atomic mass is 9.95. The lowest BCUT2D eigenvalue weighted by Gasteiger charge is -2.11. The Morgan fingerprint density at radius 1 is 1.25 bits per heavy atom. The van der Waals surface area contributed by atoms with E-state index in [2.05, 4.69) is 0 Å². The van der Waals surface area contributed by atoms with Crippen LogP contribution < -0.4 is 0 Å². The van der Waals surface area contributed by atoms with Gasteiger partial charge in [-0.25, -0.2) is 0 Å². The average Bonchev–Trinajstić information content (AvgIpc) is 1.84. The molecule has 0 saturated carbocycles. The second kappa shape index (κ2) is 4.74. The van der Waals surface area contributed by atoms with Crippen LogP contribution in [0.2, 0.25) is 0 Å². The maximum Gasteiger partial charge on any atom is 0.306 e. The van der Waals surface area contributed by atoms with Gasteiger partial charge in [0, 0.05) is 6.42 Å². The van der Waals surface area contributed by atoms with Crippen LogP contribution >= 0.6 is 0 Å². The predicted octanol–water partition coefficient (Wildman–Crippen LogP) is 1.21. The zero-order chi connectivity index (χ0) is 9.72. The summed E-state index contributed by atoms with van der Waals surface area (Å²) in [4.78, 5) is 20.6. The monoisotopic (exact) mass is 174 g/mol. The van der Waals surface area contributed by atoms with Gasteiger partial charge in [0.1, 0.15) is 0 Å². The molecule has 0 aliphatic carbocycles. The van der Waals surface area contributed by atoms with E-state index in [1.807, 2.05) is 0 Å². The van der Waals surface area contributed by atoms with Crippen LogP contribution in [0, 0.1) is 11.8 Å². The Morgan fingerprint density at radius 2 is 1.75 bits per heavy atom. The Kier molecular flexibility index (Phi) is 4.33. The van der Waals surface area contributed by atoms with Gasteiger partial charge in [-0.1, -0.05) is 13.8 Å². The molecule has 0 rings (SSSR count). The quantitative estimate of drug-likeness (QED) is 0.656. The first-order valence-electron chi connectivity index (χ1n) is 3.88. The van der Waals surface area contributed by atoms with Gasteiger partial charge in [-0.05, 0) is 12.3 Å². The van der Waals surface area contributed by atoms with E-state index in [-0.39, 0.29) is 12.3 Å². The third-order valence-corrected chi connectivity index (χ3v) is 1.70. The molecule has 4 nitrogen and oxygen atoms in total. The topological polar surface area (TPSA) is 74.6 Å². The van der Waals surface area contributed by atoms with Gasteiger partial charge in [0.2, 0.25) is 0 Å². The molecule has 0 aliphatic rings. The summed E-state index contributed by atoms with van der Waals surface area (Å²) in [6.45, 7) is 3.33. The smallest absolute Gasteiger partial charge is 0.306 e. The normalized spacial score (nSPS) is 15.2. The van der Waals surface area contributed by atoms with Crippen LogP contribution in [-0.2, 0) is 9.59 Å². The third-order valence-electron chi connectivity index (χ3n) is 1.70. The van der Waals surface area contributed by atoms with Crippen LogP contribution in [0.4, 0.5) is 0 Å². The van der Waals surface area contributed by atoms with Crippen molar-refractivity contribution in [3.63, 3.8) is 0 Å². The molecule has 0 spiro atoms. The number of rotatable bonds is 5. The third kappa shape index (κ3) is 4.71. The first-order chi connectivity index (χ1) is 5.43. The van der Waals surface area contributed by atoms with Crippen LogP contribution in [0.15, 0.2) is 0 Å². The molecule has 0 heterocycles. The van der Waals surface area contributed by atoms with Crippen LogP contribution in [0.3, 0.4) is 0 Å². The standard InChI is InChI=1S/C8H14O4/c1-5(4-7(9)10)3-6(2)8(11)12/h5-6H,3-4H2,1-2H3,(H,9,10)(H,11,12)/t5-,6-/m1/s1. The van der Waals surface area contributed by atoms with Crippen molar-refractivity contribution in [3.8, 4) is 0 Å². The molecule has 70 valence electrons. The van der Waals surface area contributed by atoms with E-state index in [0.29, 0.717) is 6.42 Å². The fourth-order valence-corrected chi connectivity index (χ4v) is 1.09. The lowest BCUT2D eigenvalue weighted by Crippen LogP contribution is -2.15. The minimum Gasteiger partial charge on any atom is -0.481 e. The zero-order valence-corrected chi connectivity index (χ0v) is 7.28. The van der Waals surface area contributed by atoms with Crippen molar-refractivity contribution in [2.75, 3.05) is 0 Å². The van der Waals surface area contributed by atoms with E-state index in [0.717, 1.165) is 0 Å². The van der Waals surface area contributed by atoms with Crippen molar-refractivity contribution in [2.45, 2.75) is 26.7 Å². The molecule has 0 aliphatic heterocycles. The number of carboxylic acids is 2. The molecule has 0 amide bonds. The molecule has 0 aromatic carbocycles. The fourth-order valence-electron chi connectivity index (χ4n) is 1.09. The molecule has 0 aromatic heterocycles. The van der Waals surface area contributed by atoms with E-state index < -0.39 is 17.9 Å². The molecular weight excluding hydrogens is 160 g/mol. The molecule has 2 atom stereocenters. The van der Waals surface area contributed by atoms with Crippen molar-refractivity contribution >= 4 is 11.9 Å². The summed E-state index contributed by atoms with van der Waals surface area (Å²) < 4.78 is 0. The van der Waals surface area contributed by atoms with Gasteiger partial charge in [-0.2, -0.15) is 0 Å². The zero-order valence-electron chi connectivity index (χ0n) is 7.28. The summed E-state index contributed by atoms with van der Waals surface area (Å²) in [5, 5.41) is 16.9. The Bertz CT molecular complexity index is 176. The van der Waals surface area contributed by atoms with Gasteiger partial charge in [0.25, 0.3) is 0 Å². The number of carboxylic acid groups (broad SMARTS) is 2. The molecule has 0 saturated heterocycles. The van der Waals surface area contributed by atoms with E-state index in [1.165, 1.54) is 0 Å². The summed E-state index contributed by atoms with van der Waals surface area (Å²) in [7, 11) is 0. The highest BCUT2D eigenvalue weighted by molar-refractivity contribution is 5.70. The van der Waals surface area contributed by atoms with Gasteiger partial charge in [-0.15, -0.1) is 0 Å². The molecule has 0 radical (unpaired) electrons. The van der Waals surface area contributed by atoms with E-state index >= 15 is 0 Å². The van der Waals surface area contributed by atoms with Gasteiger partial charge < -0.3 is 10.2 Å². The van der Waals surface area contributed by atoms with Gasteiger partial charge in [-0.3, -0.25) is 9.59 Å². The number of hydrogen-bond acceptors (Lipinski definition) is 2. The van der Waals surface area contributed by atoms with Crippen LogP contribution in [-0.4, -0.2) is 22.2 Å². The lowest BCUT2D eigenvalue weighted by molar-refractivity contribution is -0.143. The largest absolute Gasteiger partial charge is 0.481 e. The highest BCUT2D eigenvalue weighted by atomic mass is 16.4. The van der Waals surface area contributed by atoms with Crippen molar-refractivity contribution in [2.24, 2.45) is 11.8 Å². The molecule has 12 heavy (non-hydrogen) atoms. The van der Waals surface area contributed by atoms with Gasteiger partial charge >= 0.3 is 11.9 Å². The molecule has 0 unspecified atom stereocenters. The number of hydrogen-bond donors (Lipinski definition) is 2. The minimum atomic E-state index is -0.875. The Morgan fingerprint density at radius 3 is 2.08 bits per heavy atom. The summed E-state index contributed by atoms with van der Waals surface area (Å²) in [6, 6.07) is 0. The Hall–Kier alpha value is -1.06. The second-order valence-electron chi connectivity index (χ2n) is 3.18. The number of aliphatic carboxylic acids is 2. The van der Waals surface area contributed by atoms with Crippen LogP contribution in [0.25, 0.3) is 0 Å². The Labute approximate surface area is 71.2 Å². The molecular formula is C8H14O4. The van der Waals surface area contributed by atoms with E-state index in [4.69, 9.17) is 10.2 Å². The van der Waals surface area contributed by atoms with Gasteiger partial charge in [0.05, 0.1) is 5.92 Å². The van der Waals surface area contributed by atoms with Gasteiger partial charge in [0.15, 0.2) is 0 Å². The molecule has 0 aromatic rings. The highest BCUT2D eigenvalue weighted by Gasteiger charge is 2.16. The average molecular weight is 174 g/mol. The molecule has 0 bridgehead atoms. The number of carbonyl (C=O) groups is 2. The van der Waals surface area contributed by atoms with Crippen molar-refractivity contribution < 1.29 is 19.8 Å². The molecule has 2 N–H and O–H groups in total. The van der Waals surface area contributed by atoms with Crippen molar-refractivity contribution in [3.05, 3.63) is 0 Å². The summed E-state index contributed by atoms with van der Waals surface area (Å²) in [5.74, 6) is -2.28. The summed E-state index contributed by atoms with van der Waals surface area (Å²) >= 11 is 0. The summed E-state index contributed by atoms with van der Waals surface area (Å²) in [5.41, 5.74) is 0. The maximum atomic E-state index is 10.4. The first-order valence-corrected chi connectivity index (χ1v) is 3.88. The molecule has 0 fully saturated rings. The Balaban J connectivity index is 3.76. The second-order valence-corrected chi connectivity index (χ2v) is 3.18. The van der Waals surface area contributed by atoms with Crippen molar-refractivity contribution in [1.82, 2.24) is 0 Å². The fraction of sp³-hybridized carbons (Fsp3) is 0.750. The summed E-state index contributed by atoms with van der Waals surface area (Å²) in [6.07, 6.45) is 0.458. The van der Waals surface area contributed by atoms with E-state index in [9.17, 15) is 9.59 Å². The predicted molar refractivity (Wildman–Crippen MR) is 42.8 cm³/mol. The first kappa shape index (κ1) is 10.9.